The Hall–Kier alpha value is -1.45. The van der Waals surface area contributed by atoms with E-state index in [1.54, 1.807) is 31.4 Å². The maximum absolute atomic E-state index is 9.48. The van der Waals surface area contributed by atoms with Crippen molar-refractivity contribution in [2.24, 2.45) is 0 Å². The fourth-order valence-electron chi connectivity index (χ4n) is 1.35. The van der Waals surface area contributed by atoms with Crippen molar-refractivity contribution in [2.45, 2.75) is 19.4 Å². The first-order valence-electron chi connectivity index (χ1n) is 5.77. The highest BCUT2D eigenvalue weighted by Gasteiger charge is 2.03. The molecule has 0 aliphatic rings. The first-order chi connectivity index (χ1) is 8.76. The standard InChI is InChI=1S/C13H18N2O3/c1-17-8-2-7-15-13(16)18-10-12-5-3-11(9-14)4-6-12/h3-6,13,15-16H,2,7-8,10H2,1H3. The molecule has 2 N–H and O–H groups in total. The predicted octanol–water partition coefficient (Wildman–Crippen LogP) is 0.977. The SMILES string of the molecule is COCCCNC(O)OCc1ccc(C#N)cc1. The van der Waals surface area contributed by atoms with E-state index in [4.69, 9.17) is 14.7 Å². The number of methoxy groups -OCH3 is 1. The Balaban J connectivity index is 2.21. The van der Waals surface area contributed by atoms with E-state index in [1.165, 1.54) is 0 Å². The van der Waals surface area contributed by atoms with Crippen LogP contribution in [-0.4, -0.2) is 31.8 Å². The van der Waals surface area contributed by atoms with Crippen LogP contribution < -0.4 is 5.32 Å². The lowest BCUT2D eigenvalue weighted by molar-refractivity contribution is -0.128. The number of aliphatic hydroxyl groups excluding tert-OH is 1. The van der Waals surface area contributed by atoms with Crippen LogP contribution in [0.2, 0.25) is 0 Å². The van der Waals surface area contributed by atoms with Gasteiger partial charge in [0.15, 0.2) is 0 Å². The lowest BCUT2D eigenvalue weighted by atomic mass is 10.2. The van der Waals surface area contributed by atoms with E-state index in [1.807, 2.05) is 6.07 Å². The third-order valence-corrected chi connectivity index (χ3v) is 2.34. The summed E-state index contributed by atoms with van der Waals surface area (Å²) < 4.78 is 10.1. The topological polar surface area (TPSA) is 74.5 Å². The molecule has 18 heavy (non-hydrogen) atoms. The van der Waals surface area contributed by atoms with Crippen LogP contribution in [-0.2, 0) is 16.1 Å². The summed E-state index contributed by atoms with van der Waals surface area (Å²) >= 11 is 0. The smallest absolute Gasteiger partial charge is 0.213 e. The Kier molecular flexibility index (Phi) is 6.99. The molecule has 1 unspecified atom stereocenters. The van der Waals surface area contributed by atoms with E-state index >= 15 is 0 Å². The van der Waals surface area contributed by atoms with Gasteiger partial charge in [0.1, 0.15) is 0 Å². The molecular weight excluding hydrogens is 232 g/mol. The molecule has 0 aliphatic heterocycles. The molecule has 0 bridgehead atoms. The minimum absolute atomic E-state index is 0.296. The highest BCUT2D eigenvalue weighted by Crippen LogP contribution is 2.05. The van der Waals surface area contributed by atoms with Gasteiger partial charge in [-0.2, -0.15) is 5.26 Å². The number of aliphatic hydroxyl groups is 1. The number of hydrogen-bond acceptors (Lipinski definition) is 5. The molecule has 98 valence electrons. The summed E-state index contributed by atoms with van der Waals surface area (Å²) in [6.45, 7) is 1.57. The lowest BCUT2D eigenvalue weighted by Gasteiger charge is -2.13. The van der Waals surface area contributed by atoms with Crippen LogP contribution in [0.5, 0.6) is 0 Å². The second-order valence-corrected chi connectivity index (χ2v) is 3.77. The van der Waals surface area contributed by atoms with Crippen molar-refractivity contribution in [3.63, 3.8) is 0 Å². The van der Waals surface area contributed by atoms with Crippen LogP contribution in [0.1, 0.15) is 17.5 Å². The van der Waals surface area contributed by atoms with Gasteiger partial charge in [-0.25, -0.2) is 0 Å². The number of nitrogens with zero attached hydrogens (tertiary/aromatic N) is 1. The van der Waals surface area contributed by atoms with E-state index in [0.29, 0.717) is 25.3 Å². The van der Waals surface area contributed by atoms with Crippen molar-refractivity contribution in [3.05, 3.63) is 35.4 Å². The van der Waals surface area contributed by atoms with Gasteiger partial charge < -0.3 is 14.6 Å². The maximum atomic E-state index is 9.48. The maximum Gasteiger partial charge on any atom is 0.213 e. The van der Waals surface area contributed by atoms with Gasteiger partial charge in [-0.3, -0.25) is 5.32 Å². The fourth-order valence-corrected chi connectivity index (χ4v) is 1.35. The second-order valence-electron chi connectivity index (χ2n) is 3.77. The summed E-state index contributed by atoms with van der Waals surface area (Å²) in [6.07, 6.45) is -0.175. The van der Waals surface area contributed by atoms with Gasteiger partial charge >= 0.3 is 0 Å². The molecule has 1 aromatic rings. The van der Waals surface area contributed by atoms with Crippen molar-refractivity contribution >= 4 is 0 Å². The third kappa shape index (κ3) is 5.75. The van der Waals surface area contributed by atoms with E-state index in [2.05, 4.69) is 5.32 Å². The summed E-state index contributed by atoms with van der Waals surface area (Å²) in [5.41, 5.74) is 1.52. The molecule has 1 atom stereocenters. The molecule has 0 saturated heterocycles. The Morgan fingerprint density at radius 1 is 1.39 bits per heavy atom. The number of rotatable bonds is 8. The number of nitrogens with one attached hydrogen (secondary N) is 1. The number of hydrogen-bond donors (Lipinski definition) is 2. The highest BCUT2D eigenvalue weighted by molar-refractivity contribution is 5.31. The van der Waals surface area contributed by atoms with Gasteiger partial charge in [0.2, 0.25) is 6.41 Å². The van der Waals surface area contributed by atoms with Crippen molar-refractivity contribution in [2.75, 3.05) is 20.3 Å². The van der Waals surface area contributed by atoms with E-state index in [-0.39, 0.29) is 0 Å². The predicted molar refractivity (Wildman–Crippen MR) is 66.4 cm³/mol. The first-order valence-corrected chi connectivity index (χ1v) is 5.77. The zero-order valence-electron chi connectivity index (χ0n) is 10.4. The summed E-state index contributed by atoms with van der Waals surface area (Å²) in [4.78, 5) is 0. The van der Waals surface area contributed by atoms with Gasteiger partial charge in [-0.1, -0.05) is 12.1 Å². The largest absolute Gasteiger partial charge is 0.385 e. The Labute approximate surface area is 107 Å². The van der Waals surface area contributed by atoms with Crippen molar-refractivity contribution in [3.8, 4) is 6.07 Å². The zero-order valence-corrected chi connectivity index (χ0v) is 10.4. The molecule has 5 heteroatoms. The van der Waals surface area contributed by atoms with Crippen LogP contribution in [0.4, 0.5) is 0 Å². The molecule has 0 radical (unpaired) electrons. The average Bonchev–Trinajstić information content (AvgIpc) is 2.42. The van der Waals surface area contributed by atoms with E-state index < -0.39 is 6.41 Å². The summed E-state index contributed by atoms with van der Waals surface area (Å²) in [5, 5.41) is 20.9. The molecule has 5 nitrogen and oxygen atoms in total. The van der Waals surface area contributed by atoms with Crippen molar-refractivity contribution < 1.29 is 14.6 Å². The molecule has 1 aromatic carbocycles. The number of nitriles is 1. The summed E-state index contributed by atoms with van der Waals surface area (Å²) in [7, 11) is 1.64. The molecule has 0 heterocycles. The molecule has 0 saturated carbocycles. The normalized spacial score (nSPS) is 12.1. The third-order valence-electron chi connectivity index (χ3n) is 2.34. The first kappa shape index (κ1) is 14.6. The van der Waals surface area contributed by atoms with Crippen LogP contribution in [0.15, 0.2) is 24.3 Å². The van der Waals surface area contributed by atoms with Crippen molar-refractivity contribution in [1.29, 1.82) is 5.26 Å². The molecule has 0 fully saturated rings. The van der Waals surface area contributed by atoms with E-state index in [0.717, 1.165) is 12.0 Å². The van der Waals surface area contributed by atoms with Crippen LogP contribution in [0, 0.1) is 11.3 Å². The van der Waals surface area contributed by atoms with Gasteiger partial charge in [0.05, 0.1) is 18.2 Å². The van der Waals surface area contributed by atoms with Gasteiger partial charge in [-0.05, 0) is 24.1 Å². The number of benzene rings is 1. The lowest BCUT2D eigenvalue weighted by Crippen LogP contribution is -2.32. The zero-order chi connectivity index (χ0) is 13.2. The fraction of sp³-hybridized carbons (Fsp3) is 0.462. The minimum Gasteiger partial charge on any atom is -0.385 e. The molecule has 0 amide bonds. The Morgan fingerprint density at radius 2 is 2.11 bits per heavy atom. The quantitative estimate of drug-likeness (QED) is 0.531. The highest BCUT2D eigenvalue weighted by atomic mass is 16.6. The van der Waals surface area contributed by atoms with Gasteiger partial charge in [0.25, 0.3) is 0 Å². The summed E-state index contributed by atoms with van der Waals surface area (Å²) in [6, 6.07) is 9.09. The number of ether oxygens (including phenoxy) is 2. The molecule has 1 rings (SSSR count). The van der Waals surface area contributed by atoms with Crippen LogP contribution >= 0.6 is 0 Å². The van der Waals surface area contributed by atoms with Gasteiger partial charge in [-0.15, -0.1) is 0 Å². The molecular formula is C13H18N2O3. The monoisotopic (exact) mass is 250 g/mol. The Morgan fingerprint density at radius 3 is 2.72 bits per heavy atom. The average molecular weight is 250 g/mol. The van der Waals surface area contributed by atoms with Crippen molar-refractivity contribution in [1.82, 2.24) is 5.32 Å². The second kappa shape index (κ2) is 8.61. The van der Waals surface area contributed by atoms with E-state index in [9.17, 15) is 5.11 Å². The van der Waals surface area contributed by atoms with Crippen LogP contribution in [0.3, 0.4) is 0 Å². The van der Waals surface area contributed by atoms with Crippen LogP contribution in [0.25, 0.3) is 0 Å². The minimum atomic E-state index is -0.988. The summed E-state index contributed by atoms with van der Waals surface area (Å²) in [5.74, 6) is 0. The van der Waals surface area contributed by atoms with Gasteiger partial charge in [0, 0.05) is 20.3 Å². The Bertz CT molecular complexity index is 373. The molecule has 0 spiro atoms. The molecule has 0 aliphatic carbocycles. The molecule has 0 aromatic heterocycles.